The quantitative estimate of drug-likeness (QED) is 0.777. The van der Waals surface area contributed by atoms with Crippen molar-refractivity contribution in [3.8, 4) is 11.5 Å². The molecule has 0 aliphatic carbocycles. The summed E-state index contributed by atoms with van der Waals surface area (Å²) in [4.78, 5) is 16.5. The van der Waals surface area contributed by atoms with E-state index in [0.29, 0.717) is 30.2 Å². The molecule has 0 spiro atoms. The normalized spacial score (nSPS) is 11.7. The summed E-state index contributed by atoms with van der Waals surface area (Å²) in [6.45, 7) is 3.89. The highest BCUT2D eigenvalue weighted by Gasteiger charge is 2.15. The van der Waals surface area contributed by atoms with Crippen molar-refractivity contribution in [1.82, 2.24) is 10.1 Å². The molecular formula is C16H23ClN4O2S. The van der Waals surface area contributed by atoms with Crippen LogP contribution in [0.5, 0.6) is 0 Å². The van der Waals surface area contributed by atoms with Crippen molar-refractivity contribution in [2.75, 3.05) is 17.3 Å². The summed E-state index contributed by atoms with van der Waals surface area (Å²) in [7, 11) is 0. The van der Waals surface area contributed by atoms with E-state index in [4.69, 9.17) is 10.3 Å². The number of nitrogens with zero attached hydrogens (tertiary/aromatic N) is 2. The summed E-state index contributed by atoms with van der Waals surface area (Å²) in [6, 6.07) is 5.13. The molecule has 24 heavy (non-hydrogen) atoms. The minimum Gasteiger partial charge on any atom is -0.334 e. The molecule has 1 aromatic carbocycles. The van der Waals surface area contributed by atoms with E-state index in [-0.39, 0.29) is 18.3 Å². The van der Waals surface area contributed by atoms with Gasteiger partial charge in [0.2, 0.25) is 5.91 Å². The van der Waals surface area contributed by atoms with Gasteiger partial charge in [0.05, 0.1) is 6.04 Å². The molecule has 0 radical (unpaired) electrons. The smallest absolute Gasteiger partial charge is 0.257 e. The molecular weight excluding hydrogens is 348 g/mol. The Hall–Kier alpha value is -1.57. The second kappa shape index (κ2) is 9.66. The van der Waals surface area contributed by atoms with Crippen LogP contribution in [0.15, 0.2) is 22.7 Å². The lowest BCUT2D eigenvalue weighted by Crippen LogP contribution is -2.36. The molecule has 0 saturated carbocycles. The zero-order valence-corrected chi connectivity index (χ0v) is 15.7. The predicted molar refractivity (Wildman–Crippen MR) is 101 cm³/mol. The molecule has 1 atom stereocenters. The van der Waals surface area contributed by atoms with Crippen LogP contribution in [0.2, 0.25) is 0 Å². The second-order valence-corrected chi connectivity index (χ2v) is 6.26. The molecule has 3 N–H and O–H groups in total. The summed E-state index contributed by atoms with van der Waals surface area (Å²) in [6.07, 6.45) is 3.35. The summed E-state index contributed by atoms with van der Waals surface area (Å²) in [5, 5.41) is 6.78. The van der Waals surface area contributed by atoms with Crippen molar-refractivity contribution in [3.05, 3.63) is 29.6 Å². The highest BCUT2D eigenvalue weighted by Crippen LogP contribution is 2.24. The maximum absolute atomic E-state index is 12.2. The zero-order valence-electron chi connectivity index (χ0n) is 14.0. The molecule has 132 valence electrons. The Kier molecular flexibility index (Phi) is 8.24. The monoisotopic (exact) mass is 370 g/mol. The molecule has 2 aromatic rings. The van der Waals surface area contributed by atoms with Crippen LogP contribution in [0.1, 0.15) is 24.7 Å². The van der Waals surface area contributed by atoms with Crippen LogP contribution in [0.3, 0.4) is 0 Å². The van der Waals surface area contributed by atoms with Gasteiger partial charge in [0.1, 0.15) is 0 Å². The molecule has 1 amide bonds. The number of hydrogen-bond donors (Lipinski definition) is 2. The zero-order chi connectivity index (χ0) is 16.8. The SMILES string of the molecule is CCc1noc(-c2ccc(C)c(NC(=O)[C@@H](N)CCSC)c2)n1.Cl. The molecule has 0 fully saturated rings. The van der Waals surface area contributed by atoms with Crippen molar-refractivity contribution in [3.63, 3.8) is 0 Å². The van der Waals surface area contributed by atoms with Crippen molar-refractivity contribution < 1.29 is 9.32 Å². The average Bonchev–Trinajstić information content (AvgIpc) is 3.03. The third kappa shape index (κ3) is 5.22. The molecule has 1 aromatic heterocycles. The Balaban J connectivity index is 0.00000288. The highest BCUT2D eigenvalue weighted by molar-refractivity contribution is 7.98. The molecule has 0 bridgehead atoms. The molecule has 0 aliphatic heterocycles. The first-order chi connectivity index (χ1) is 11.0. The lowest BCUT2D eigenvalue weighted by atomic mass is 10.1. The predicted octanol–water partition coefficient (Wildman–Crippen LogP) is 3.05. The maximum atomic E-state index is 12.2. The fraction of sp³-hybridized carbons (Fsp3) is 0.438. The Labute approximate surface area is 152 Å². The standard InChI is InChI=1S/C16H22N4O2S.ClH/c1-4-14-19-16(22-20-14)11-6-5-10(2)13(9-11)18-15(21)12(17)7-8-23-3;/h5-6,9,12H,4,7-8,17H2,1-3H3,(H,18,21);1H/t12-;/m0./s1. The van der Waals surface area contributed by atoms with Crippen molar-refractivity contribution >= 4 is 35.8 Å². The number of anilines is 1. The van der Waals surface area contributed by atoms with Gasteiger partial charge in [-0.05, 0) is 43.0 Å². The summed E-state index contributed by atoms with van der Waals surface area (Å²) < 4.78 is 5.24. The van der Waals surface area contributed by atoms with E-state index in [1.807, 2.05) is 38.3 Å². The number of hydrogen-bond acceptors (Lipinski definition) is 6. The number of nitrogens with one attached hydrogen (secondary N) is 1. The Bertz CT molecular complexity index is 678. The van der Waals surface area contributed by atoms with Crippen LogP contribution in [-0.4, -0.2) is 34.1 Å². The van der Waals surface area contributed by atoms with Gasteiger partial charge < -0.3 is 15.6 Å². The maximum Gasteiger partial charge on any atom is 0.257 e. The van der Waals surface area contributed by atoms with Crippen LogP contribution >= 0.6 is 24.2 Å². The second-order valence-electron chi connectivity index (χ2n) is 5.28. The number of amides is 1. The fourth-order valence-corrected chi connectivity index (χ4v) is 2.50. The topological polar surface area (TPSA) is 94.0 Å². The molecule has 8 heteroatoms. The number of benzene rings is 1. The van der Waals surface area contributed by atoms with E-state index in [1.54, 1.807) is 11.8 Å². The van der Waals surface area contributed by atoms with Gasteiger partial charge >= 0.3 is 0 Å². The number of aromatic nitrogens is 2. The van der Waals surface area contributed by atoms with Gasteiger partial charge in [0, 0.05) is 17.7 Å². The van der Waals surface area contributed by atoms with Gasteiger partial charge in [-0.15, -0.1) is 12.4 Å². The fourth-order valence-electron chi connectivity index (χ4n) is 2.01. The van der Waals surface area contributed by atoms with Crippen molar-refractivity contribution in [1.29, 1.82) is 0 Å². The lowest BCUT2D eigenvalue weighted by Gasteiger charge is -2.13. The minimum absolute atomic E-state index is 0. The minimum atomic E-state index is -0.513. The molecule has 1 heterocycles. The van der Waals surface area contributed by atoms with Gasteiger partial charge in [-0.25, -0.2) is 0 Å². The van der Waals surface area contributed by atoms with Crippen LogP contribution in [0, 0.1) is 6.92 Å². The van der Waals surface area contributed by atoms with E-state index < -0.39 is 6.04 Å². The number of thioether (sulfide) groups is 1. The first-order valence-electron chi connectivity index (χ1n) is 7.54. The van der Waals surface area contributed by atoms with E-state index in [2.05, 4.69) is 15.5 Å². The van der Waals surface area contributed by atoms with Crippen LogP contribution in [0.4, 0.5) is 5.69 Å². The number of nitrogens with two attached hydrogens (primary N) is 1. The molecule has 0 saturated heterocycles. The van der Waals surface area contributed by atoms with E-state index >= 15 is 0 Å². The Morgan fingerprint density at radius 3 is 2.83 bits per heavy atom. The summed E-state index contributed by atoms with van der Waals surface area (Å²) >= 11 is 1.67. The lowest BCUT2D eigenvalue weighted by molar-refractivity contribution is -0.117. The number of carbonyl (C=O) groups is 1. The molecule has 0 unspecified atom stereocenters. The van der Waals surface area contributed by atoms with Gasteiger partial charge in [0.15, 0.2) is 5.82 Å². The molecule has 6 nitrogen and oxygen atoms in total. The van der Waals surface area contributed by atoms with Crippen LogP contribution in [-0.2, 0) is 11.2 Å². The molecule has 0 aliphatic rings. The molecule has 2 rings (SSSR count). The van der Waals surface area contributed by atoms with Gasteiger partial charge in [-0.3, -0.25) is 4.79 Å². The van der Waals surface area contributed by atoms with Crippen LogP contribution < -0.4 is 11.1 Å². The van der Waals surface area contributed by atoms with Gasteiger partial charge in [-0.1, -0.05) is 18.1 Å². The van der Waals surface area contributed by atoms with Crippen LogP contribution in [0.25, 0.3) is 11.5 Å². The van der Waals surface area contributed by atoms with Gasteiger partial charge in [-0.2, -0.15) is 16.7 Å². The number of aryl methyl sites for hydroxylation is 2. The summed E-state index contributed by atoms with van der Waals surface area (Å²) in [5.41, 5.74) is 8.34. The number of rotatable bonds is 7. The largest absolute Gasteiger partial charge is 0.334 e. The van der Waals surface area contributed by atoms with Crippen molar-refractivity contribution in [2.45, 2.75) is 32.7 Å². The Morgan fingerprint density at radius 1 is 1.46 bits per heavy atom. The average molecular weight is 371 g/mol. The van der Waals surface area contributed by atoms with Crippen molar-refractivity contribution in [2.24, 2.45) is 5.73 Å². The number of carbonyl (C=O) groups excluding carboxylic acids is 1. The highest BCUT2D eigenvalue weighted by atomic mass is 35.5. The third-order valence-corrected chi connectivity index (χ3v) is 4.14. The Morgan fingerprint density at radius 2 is 2.21 bits per heavy atom. The first kappa shape index (κ1) is 20.5. The van der Waals surface area contributed by atoms with E-state index in [1.165, 1.54) is 0 Å². The van der Waals surface area contributed by atoms with E-state index in [0.717, 1.165) is 16.9 Å². The third-order valence-electron chi connectivity index (χ3n) is 3.50. The number of halogens is 1. The summed E-state index contributed by atoms with van der Waals surface area (Å²) in [5.74, 6) is 1.78. The van der Waals surface area contributed by atoms with E-state index in [9.17, 15) is 4.79 Å². The van der Waals surface area contributed by atoms with Gasteiger partial charge in [0.25, 0.3) is 5.89 Å². The first-order valence-corrected chi connectivity index (χ1v) is 8.93.